The summed E-state index contributed by atoms with van der Waals surface area (Å²) in [6.07, 6.45) is 4.98. The van der Waals surface area contributed by atoms with Gasteiger partial charge in [0.05, 0.1) is 34.4 Å². The second-order valence-electron chi connectivity index (χ2n) is 8.66. The van der Waals surface area contributed by atoms with Crippen molar-refractivity contribution in [2.45, 2.75) is 11.3 Å². The molecule has 11 heteroatoms. The number of rotatable bonds is 8. The van der Waals surface area contributed by atoms with Crippen molar-refractivity contribution in [2.75, 3.05) is 45.5 Å². The Balaban J connectivity index is 1.52. The summed E-state index contributed by atoms with van der Waals surface area (Å²) in [6, 6.07) is 9.89. The van der Waals surface area contributed by atoms with E-state index in [1.54, 1.807) is 30.3 Å². The van der Waals surface area contributed by atoms with Crippen LogP contribution in [0.15, 0.2) is 53.7 Å². The average molecular weight is 509 g/mol. The summed E-state index contributed by atoms with van der Waals surface area (Å²) in [7, 11) is -1.51. The number of carbonyl (C=O) groups is 1. The third-order valence-electron chi connectivity index (χ3n) is 6.08. The van der Waals surface area contributed by atoms with Crippen molar-refractivity contribution in [3.63, 3.8) is 0 Å². The Labute approximate surface area is 209 Å². The van der Waals surface area contributed by atoms with Gasteiger partial charge in [-0.15, -0.1) is 0 Å². The highest BCUT2D eigenvalue weighted by Gasteiger charge is 2.19. The maximum atomic E-state index is 12.8. The highest BCUT2D eigenvalue weighted by atomic mass is 32.2. The van der Waals surface area contributed by atoms with Crippen LogP contribution in [0.3, 0.4) is 0 Å². The molecule has 1 fully saturated rings. The number of benzene rings is 1. The number of hydrogen-bond donors (Lipinski definition) is 3. The molecule has 3 heterocycles. The molecule has 0 atom stereocenters. The molecular formula is C25H28N6O4S. The zero-order valence-electron chi connectivity index (χ0n) is 19.9. The highest BCUT2D eigenvalue weighted by molar-refractivity contribution is 7.91. The van der Waals surface area contributed by atoms with Crippen molar-refractivity contribution < 1.29 is 18.3 Å². The number of fused-ring (bicyclic) bond motifs is 1. The Morgan fingerprint density at radius 3 is 2.72 bits per heavy atom. The van der Waals surface area contributed by atoms with Crippen LogP contribution in [0.2, 0.25) is 0 Å². The molecule has 0 unspecified atom stereocenters. The fourth-order valence-corrected chi connectivity index (χ4v) is 5.03. The van der Waals surface area contributed by atoms with Gasteiger partial charge in [-0.3, -0.25) is 9.78 Å². The first-order valence-electron chi connectivity index (χ1n) is 11.6. The number of nitriles is 1. The lowest BCUT2D eigenvalue weighted by Gasteiger charge is -2.31. The maximum absolute atomic E-state index is 12.8. The van der Waals surface area contributed by atoms with Gasteiger partial charge in [0.1, 0.15) is 0 Å². The first-order valence-corrected chi connectivity index (χ1v) is 13.2. The number of nitrogens with one attached hydrogen (secondary N) is 2. The van der Waals surface area contributed by atoms with Crippen LogP contribution >= 0.6 is 0 Å². The monoisotopic (exact) mass is 508 g/mol. The van der Waals surface area contributed by atoms with E-state index in [-0.39, 0.29) is 35.4 Å². The van der Waals surface area contributed by atoms with E-state index in [0.717, 1.165) is 26.2 Å². The predicted octanol–water partition coefficient (Wildman–Crippen LogP) is 2.11. The van der Waals surface area contributed by atoms with Crippen LogP contribution in [0.4, 0.5) is 0 Å². The second kappa shape index (κ2) is 10.8. The Morgan fingerprint density at radius 1 is 1.25 bits per heavy atom. The fourth-order valence-electron chi connectivity index (χ4n) is 4.01. The topological polar surface area (TPSA) is 142 Å². The van der Waals surface area contributed by atoms with Crippen LogP contribution in [0, 0.1) is 11.3 Å². The number of amides is 1. The molecule has 0 aliphatic carbocycles. The lowest BCUT2D eigenvalue weighted by Crippen LogP contribution is -2.41. The second-order valence-corrected chi connectivity index (χ2v) is 10.7. The molecule has 0 radical (unpaired) electrons. The number of H-pyrrole nitrogens is 1. The molecular weight excluding hydrogens is 480 g/mol. The van der Waals surface area contributed by atoms with Crippen LogP contribution < -0.4 is 5.32 Å². The number of pyridine rings is 1. The van der Waals surface area contributed by atoms with E-state index in [1.807, 2.05) is 12.3 Å². The zero-order chi connectivity index (χ0) is 25.7. The van der Waals surface area contributed by atoms with E-state index >= 15 is 0 Å². The van der Waals surface area contributed by atoms with Gasteiger partial charge in [-0.05, 0) is 43.6 Å². The predicted molar refractivity (Wildman–Crippen MR) is 136 cm³/mol. The summed E-state index contributed by atoms with van der Waals surface area (Å²) < 4.78 is 25.6. The van der Waals surface area contributed by atoms with Gasteiger partial charge in [0.25, 0.3) is 5.91 Å². The van der Waals surface area contributed by atoms with Gasteiger partial charge in [-0.2, -0.15) is 5.26 Å². The summed E-state index contributed by atoms with van der Waals surface area (Å²) >= 11 is 0. The Bertz CT molecular complexity index is 1420. The molecule has 1 aromatic carbocycles. The van der Waals surface area contributed by atoms with Crippen molar-refractivity contribution in [1.82, 2.24) is 25.1 Å². The van der Waals surface area contributed by atoms with Crippen molar-refractivity contribution in [3.05, 3.63) is 54.4 Å². The lowest BCUT2D eigenvalue weighted by molar-refractivity contribution is 0.0954. The smallest absolute Gasteiger partial charge is 0.251 e. The SMILES string of the molecule is CN1CCN(C=CCS(=O)(=O)c2ccc(-c3c(O)[nH]c4ccc(C(=O)NCCC#N)cc34)nc2)CC1. The van der Waals surface area contributed by atoms with E-state index in [0.29, 0.717) is 27.7 Å². The quantitative estimate of drug-likeness (QED) is 0.393. The van der Waals surface area contributed by atoms with Crippen molar-refractivity contribution in [2.24, 2.45) is 0 Å². The third-order valence-corrected chi connectivity index (χ3v) is 7.68. The number of carbonyl (C=O) groups excluding carboxylic acids is 1. The normalized spacial score (nSPS) is 14.8. The number of piperazine rings is 1. The van der Waals surface area contributed by atoms with Gasteiger partial charge >= 0.3 is 0 Å². The van der Waals surface area contributed by atoms with Crippen molar-refractivity contribution >= 4 is 26.6 Å². The molecule has 1 amide bonds. The van der Waals surface area contributed by atoms with Crippen LogP contribution in [-0.4, -0.2) is 84.7 Å². The number of likely N-dealkylation sites (N-methyl/N-ethyl adjacent to an activating group) is 1. The van der Waals surface area contributed by atoms with Crippen LogP contribution in [0.5, 0.6) is 5.88 Å². The maximum Gasteiger partial charge on any atom is 0.251 e. The highest BCUT2D eigenvalue weighted by Crippen LogP contribution is 2.36. The molecule has 0 saturated carbocycles. The molecule has 3 aromatic rings. The third kappa shape index (κ3) is 5.67. The summed E-state index contributed by atoms with van der Waals surface area (Å²) in [5.41, 5.74) is 1.71. The van der Waals surface area contributed by atoms with Gasteiger partial charge in [0, 0.05) is 55.4 Å². The van der Waals surface area contributed by atoms with E-state index in [2.05, 4.69) is 32.1 Å². The number of nitrogens with zero attached hydrogens (tertiary/aromatic N) is 4. The minimum Gasteiger partial charge on any atom is -0.494 e. The Kier molecular flexibility index (Phi) is 7.57. The fraction of sp³-hybridized carbons (Fsp3) is 0.320. The van der Waals surface area contributed by atoms with Gasteiger partial charge in [0.2, 0.25) is 0 Å². The molecule has 3 N–H and O–H groups in total. The molecule has 1 aliphatic rings. The summed E-state index contributed by atoms with van der Waals surface area (Å²) in [5.74, 6) is -0.605. The number of hydrogen-bond acceptors (Lipinski definition) is 8. The number of aromatic amines is 1. The van der Waals surface area contributed by atoms with E-state index in [4.69, 9.17) is 5.26 Å². The van der Waals surface area contributed by atoms with Gasteiger partial charge in [-0.25, -0.2) is 8.42 Å². The van der Waals surface area contributed by atoms with Gasteiger partial charge in [-0.1, -0.05) is 6.08 Å². The number of aromatic nitrogens is 2. The van der Waals surface area contributed by atoms with E-state index in [1.165, 1.54) is 12.3 Å². The molecule has 10 nitrogen and oxygen atoms in total. The van der Waals surface area contributed by atoms with E-state index in [9.17, 15) is 18.3 Å². The lowest BCUT2D eigenvalue weighted by atomic mass is 10.1. The van der Waals surface area contributed by atoms with Crippen LogP contribution in [0.1, 0.15) is 16.8 Å². The summed E-state index contributed by atoms with van der Waals surface area (Å²) in [6.45, 7) is 3.84. The summed E-state index contributed by atoms with van der Waals surface area (Å²) in [4.78, 5) is 24.0. The molecule has 0 spiro atoms. The Hall–Kier alpha value is -3.88. The minimum absolute atomic E-state index is 0.0890. The first kappa shape index (κ1) is 25.2. The molecule has 2 aromatic heterocycles. The minimum atomic E-state index is -3.57. The largest absolute Gasteiger partial charge is 0.494 e. The molecule has 4 rings (SSSR count). The van der Waals surface area contributed by atoms with Crippen LogP contribution in [0.25, 0.3) is 22.2 Å². The van der Waals surface area contributed by atoms with Crippen molar-refractivity contribution in [1.29, 1.82) is 5.26 Å². The molecule has 188 valence electrons. The van der Waals surface area contributed by atoms with Gasteiger partial charge in [0.15, 0.2) is 15.7 Å². The van der Waals surface area contributed by atoms with Crippen LogP contribution in [-0.2, 0) is 9.84 Å². The standard InChI is InChI=1S/C25H28N6O4S/c1-30-11-13-31(14-12-30)10-3-15-36(34,35)19-5-7-22(28-17-19)23-20-16-18(24(32)27-9-2-8-26)4-6-21(20)29-25(23)33/h3-7,10,16-17,29,33H,2,9,11-15H2,1H3,(H,27,32). The average Bonchev–Trinajstić information content (AvgIpc) is 3.20. The first-order chi connectivity index (χ1) is 17.3. The van der Waals surface area contributed by atoms with Gasteiger partial charge < -0.3 is 25.2 Å². The van der Waals surface area contributed by atoms with E-state index < -0.39 is 9.84 Å². The number of sulfone groups is 1. The number of aromatic hydroxyl groups is 1. The molecule has 0 bridgehead atoms. The zero-order valence-corrected chi connectivity index (χ0v) is 20.8. The molecule has 36 heavy (non-hydrogen) atoms. The summed E-state index contributed by atoms with van der Waals surface area (Å²) in [5, 5.41) is 22.4. The molecule has 1 aliphatic heterocycles. The van der Waals surface area contributed by atoms with Crippen molar-refractivity contribution in [3.8, 4) is 23.2 Å². The molecule has 1 saturated heterocycles. The Morgan fingerprint density at radius 2 is 2.03 bits per heavy atom.